The molecule has 0 N–H and O–H groups in total. The highest BCUT2D eigenvalue weighted by Gasteiger charge is 2.36. The summed E-state index contributed by atoms with van der Waals surface area (Å²) in [4.78, 5) is 10.5. The third-order valence-electron chi connectivity index (χ3n) is 1.56. The maximum Gasteiger partial charge on any atom is 0.508 e. The van der Waals surface area contributed by atoms with E-state index in [2.05, 4.69) is 9.47 Å². The Balaban J connectivity index is 2.52. The molecule has 1 fully saturated rings. The Morgan fingerprint density at radius 2 is 1.73 bits per heavy atom. The Kier molecular flexibility index (Phi) is 2.84. The lowest BCUT2D eigenvalue weighted by molar-refractivity contribution is -0.0415. The van der Waals surface area contributed by atoms with Crippen molar-refractivity contribution in [1.82, 2.24) is 0 Å². The molecule has 0 aliphatic carbocycles. The van der Waals surface area contributed by atoms with Gasteiger partial charge in [0.2, 0.25) is 0 Å². The molecule has 0 atom stereocenters. The zero-order valence-electron chi connectivity index (χ0n) is 5.81. The highest BCUT2D eigenvalue weighted by atomic mass is 35.5. The lowest BCUT2D eigenvalue weighted by Crippen LogP contribution is -2.42. The van der Waals surface area contributed by atoms with Crippen LogP contribution in [-0.2, 0) is 9.47 Å². The molecule has 0 unspecified atom stereocenters. The van der Waals surface area contributed by atoms with Crippen LogP contribution in [0.4, 0.5) is 4.79 Å². The molecule has 1 heterocycles. The summed E-state index contributed by atoms with van der Waals surface area (Å²) in [6.45, 7) is 0.498. The second kappa shape index (κ2) is 3.50. The number of halogens is 2. The molecule has 11 heavy (non-hydrogen) atoms. The van der Waals surface area contributed by atoms with Gasteiger partial charge in [0.15, 0.2) is 0 Å². The maximum atomic E-state index is 10.5. The van der Waals surface area contributed by atoms with Crippen molar-refractivity contribution in [2.75, 3.05) is 25.0 Å². The quantitative estimate of drug-likeness (QED) is 0.500. The highest BCUT2D eigenvalue weighted by molar-refractivity contribution is 6.21. The third kappa shape index (κ3) is 1.91. The van der Waals surface area contributed by atoms with Crippen LogP contribution < -0.4 is 0 Å². The molecule has 64 valence electrons. The van der Waals surface area contributed by atoms with Gasteiger partial charge >= 0.3 is 6.16 Å². The van der Waals surface area contributed by atoms with Crippen LogP contribution >= 0.6 is 23.2 Å². The smallest absolute Gasteiger partial charge is 0.433 e. The van der Waals surface area contributed by atoms with Crippen LogP contribution in [0.1, 0.15) is 0 Å². The van der Waals surface area contributed by atoms with Crippen molar-refractivity contribution in [3.63, 3.8) is 0 Å². The van der Waals surface area contributed by atoms with E-state index in [1.165, 1.54) is 0 Å². The van der Waals surface area contributed by atoms with Crippen LogP contribution in [0.5, 0.6) is 0 Å². The molecule has 0 aromatic carbocycles. The molecule has 5 heteroatoms. The van der Waals surface area contributed by atoms with Gasteiger partial charge in [-0.3, -0.25) is 0 Å². The molecule has 0 bridgehead atoms. The summed E-state index contributed by atoms with van der Waals surface area (Å²) >= 11 is 11.3. The number of ether oxygens (including phenoxy) is 2. The highest BCUT2D eigenvalue weighted by Crippen LogP contribution is 2.25. The van der Waals surface area contributed by atoms with Gasteiger partial charge in [-0.25, -0.2) is 4.79 Å². The van der Waals surface area contributed by atoms with Crippen LogP contribution in [0.25, 0.3) is 0 Å². The van der Waals surface area contributed by atoms with Crippen molar-refractivity contribution in [3.8, 4) is 0 Å². The van der Waals surface area contributed by atoms with Crippen molar-refractivity contribution in [3.05, 3.63) is 0 Å². The average Bonchev–Trinajstić information content (AvgIpc) is 2.07. The van der Waals surface area contributed by atoms with Gasteiger partial charge in [-0.2, -0.15) is 0 Å². The number of alkyl halides is 2. The predicted octanol–water partition coefficient (Wildman–Crippen LogP) is 1.62. The number of carbonyl (C=O) groups excluding carboxylic acids is 1. The molecular formula is C6H8Cl2O3. The van der Waals surface area contributed by atoms with Gasteiger partial charge in [0.1, 0.15) is 13.2 Å². The zero-order valence-corrected chi connectivity index (χ0v) is 7.32. The summed E-state index contributed by atoms with van der Waals surface area (Å²) in [5, 5.41) is 0. The first-order chi connectivity index (χ1) is 5.22. The molecule has 0 amide bonds. The van der Waals surface area contributed by atoms with Crippen molar-refractivity contribution in [2.45, 2.75) is 0 Å². The molecule has 1 rings (SSSR count). The Labute approximate surface area is 74.6 Å². The van der Waals surface area contributed by atoms with Crippen molar-refractivity contribution in [1.29, 1.82) is 0 Å². The van der Waals surface area contributed by atoms with E-state index in [1.807, 2.05) is 0 Å². The fraction of sp³-hybridized carbons (Fsp3) is 0.833. The summed E-state index contributed by atoms with van der Waals surface area (Å²) in [5.41, 5.74) is -0.392. The standard InChI is InChI=1S/C6H8Cl2O3/c7-1-6(2-8)3-10-5(9)11-4-6/h1-4H2. The molecule has 0 aromatic rings. The Bertz CT molecular complexity index is 144. The minimum Gasteiger partial charge on any atom is -0.433 e. The lowest BCUT2D eigenvalue weighted by atomic mass is 9.95. The lowest BCUT2D eigenvalue weighted by Gasteiger charge is -2.31. The summed E-state index contributed by atoms with van der Waals surface area (Å²) in [6, 6.07) is 0. The number of carbonyl (C=O) groups is 1. The topological polar surface area (TPSA) is 35.5 Å². The van der Waals surface area contributed by atoms with E-state index in [9.17, 15) is 4.79 Å². The first-order valence-corrected chi connectivity index (χ1v) is 4.21. The minimum atomic E-state index is -0.643. The van der Waals surface area contributed by atoms with Gasteiger partial charge < -0.3 is 9.47 Å². The predicted molar refractivity (Wildman–Crippen MR) is 41.2 cm³/mol. The van der Waals surface area contributed by atoms with Crippen LogP contribution in [0.15, 0.2) is 0 Å². The number of hydrogen-bond acceptors (Lipinski definition) is 3. The van der Waals surface area contributed by atoms with Gasteiger partial charge in [-0.15, -0.1) is 23.2 Å². The van der Waals surface area contributed by atoms with Gasteiger partial charge in [0.25, 0.3) is 0 Å². The van der Waals surface area contributed by atoms with E-state index in [1.54, 1.807) is 0 Å². The van der Waals surface area contributed by atoms with Gasteiger partial charge in [0.05, 0.1) is 5.41 Å². The molecular weight excluding hydrogens is 191 g/mol. The normalized spacial score (nSPS) is 22.2. The molecule has 0 aromatic heterocycles. The molecule has 1 saturated heterocycles. The molecule has 0 spiro atoms. The third-order valence-corrected chi connectivity index (χ3v) is 2.69. The Morgan fingerprint density at radius 1 is 1.27 bits per heavy atom. The fourth-order valence-corrected chi connectivity index (χ4v) is 1.29. The molecule has 0 radical (unpaired) electrons. The van der Waals surface area contributed by atoms with Gasteiger partial charge in [-0.05, 0) is 0 Å². The summed E-state index contributed by atoms with van der Waals surface area (Å²) in [7, 11) is 0. The molecule has 1 aliphatic rings. The SMILES string of the molecule is O=C1OCC(CCl)(CCl)CO1. The number of hydrogen-bond donors (Lipinski definition) is 0. The Hall–Kier alpha value is -0.150. The Morgan fingerprint density at radius 3 is 2.09 bits per heavy atom. The maximum absolute atomic E-state index is 10.5. The second-order valence-electron chi connectivity index (χ2n) is 2.59. The van der Waals surface area contributed by atoms with E-state index < -0.39 is 11.6 Å². The number of rotatable bonds is 2. The first-order valence-electron chi connectivity index (χ1n) is 3.14. The van der Waals surface area contributed by atoms with E-state index in [-0.39, 0.29) is 13.2 Å². The van der Waals surface area contributed by atoms with E-state index in [0.717, 1.165) is 0 Å². The second-order valence-corrected chi connectivity index (χ2v) is 3.13. The van der Waals surface area contributed by atoms with Crippen molar-refractivity contribution >= 4 is 29.4 Å². The van der Waals surface area contributed by atoms with Gasteiger partial charge in [0, 0.05) is 11.8 Å². The van der Waals surface area contributed by atoms with Crippen LogP contribution in [0, 0.1) is 5.41 Å². The van der Waals surface area contributed by atoms with Crippen molar-refractivity contribution in [2.24, 2.45) is 5.41 Å². The van der Waals surface area contributed by atoms with Crippen LogP contribution in [0.3, 0.4) is 0 Å². The minimum absolute atomic E-state index is 0.249. The average molecular weight is 199 g/mol. The van der Waals surface area contributed by atoms with E-state index >= 15 is 0 Å². The summed E-state index contributed by atoms with van der Waals surface area (Å²) in [5.74, 6) is 0.674. The molecule has 3 nitrogen and oxygen atoms in total. The van der Waals surface area contributed by atoms with Gasteiger partial charge in [-0.1, -0.05) is 0 Å². The van der Waals surface area contributed by atoms with E-state index in [0.29, 0.717) is 11.8 Å². The summed E-state index contributed by atoms with van der Waals surface area (Å²) < 4.78 is 9.29. The molecule has 1 aliphatic heterocycles. The first kappa shape index (κ1) is 8.94. The van der Waals surface area contributed by atoms with Crippen LogP contribution in [0.2, 0.25) is 0 Å². The largest absolute Gasteiger partial charge is 0.508 e. The monoisotopic (exact) mass is 198 g/mol. The summed E-state index contributed by atoms with van der Waals surface area (Å²) in [6.07, 6.45) is -0.643. The van der Waals surface area contributed by atoms with Crippen molar-refractivity contribution < 1.29 is 14.3 Å². The zero-order chi connectivity index (χ0) is 8.32. The van der Waals surface area contributed by atoms with E-state index in [4.69, 9.17) is 23.2 Å². The molecule has 0 saturated carbocycles. The number of cyclic esters (lactones) is 2. The fourth-order valence-electron chi connectivity index (χ4n) is 0.697. The van der Waals surface area contributed by atoms with Crippen LogP contribution in [-0.4, -0.2) is 31.1 Å².